The summed E-state index contributed by atoms with van der Waals surface area (Å²) in [6, 6.07) is 16.2. The molecule has 6 nitrogen and oxygen atoms in total. The summed E-state index contributed by atoms with van der Waals surface area (Å²) in [4.78, 5) is 17.0. The van der Waals surface area contributed by atoms with E-state index in [1.54, 1.807) is 18.2 Å². The number of carbonyl (C=O) groups is 1. The molecule has 5 rings (SSSR count). The number of aromatic nitrogens is 1. The van der Waals surface area contributed by atoms with Gasteiger partial charge in [-0.25, -0.2) is 4.39 Å². The number of fused-ring (bicyclic) bond motifs is 1. The van der Waals surface area contributed by atoms with Gasteiger partial charge in [-0.2, -0.15) is 15.1 Å². The van der Waals surface area contributed by atoms with Gasteiger partial charge >= 0.3 is 0 Å². The number of carbonyl (C=O) groups excluding carboxylic acids is 1. The normalized spacial score (nSPS) is 16.7. The van der Waals surface area contributed by atoms with E-state index in [1.807, 2.05) is 32.0 Å². The summed E-state index contributed by atoms with van der Waals surface area (Å²) in [5, 5.41) is 15.4. The van der Waals surface area contributed by atoms with Crippen LogP contribution in [0.3, 0.4) is 0 Å². The average Bonchev–Trinajstić information content (AvgIpc) is 3.37. The lowest BCUT2D eigenvalue weighted by atomic mass is 10.1. The second-order valence-corrected chi connectivity index (χ2v) is 9.03. The Morgan fingerprint density at radius 2 is 1.85 bits per heavy atom. The van der Waals surface area contributed by atoms with Crippen molar-refractivity contribution < 1.29 is 9.18 Å². The van der Waals surface area contributed by atoms with Crippen LogP contribution >= 0.6 is 11.8 Å². The summed E-state index contributed by atoms with van der Waals surface area (Å²) < 4.78 is 15.5. The fraction of sp³-hybridized carbons (Fsp3) is 0.154. The van der Waals surface area contributed by atoms with Crippen LogP contribution in [0.5, 0.6) is 0 Å². The summed E-state index contributed by atoms with van der Waals surface area (Å²) in [7, 11) is 0. The van der Waals surface area contributed by atoms with Crippen molar-refractivity contribution >= 4 is 39.8 Å². The van der Waals surface area contributed by atoms with E-state index in [9.17, 15) is 9.18 Å². The smallest absolute Gasteiger partial charge is 0.283 e. The Kier molecular flexibility index (Phi) is 5.53. The summed E-state index contributed by atoms with van der Waals surface area (Å²) in [5.74, 6) is -0.842. The van der Waals surface area contributed by atoms with E-state index >= 15 is 0 Å². The number of hydrazone groups is 1. The number of amides is 1. The molecule has 0 bridgehead atoms. The van der Waals surface area contributed by atoms with Gasteiger partial charge in [-0.1, -0.05) is 25.1 Å². The van der Waals surface area contributed by atoms with Crippen LogP contribution in [0.1, 0.15) is 35.0 Å². The van der Waals surface area contributed by atoms with Crippen molar-refractivity contribution in [1.29, 1.82) is 5.41 Å². The molecule has 1 N–H and O–H groups in total. The van der Waals surface area contributed by atoms with E-state index in [0.29, 0.717) is 15.8 Å². The van der Waals surface area contributed by atoms with E-state index in [4.69, 9.17) is 5.41 Å². The van der Waals surface area contributed by atoms with Gasteiger partial charge in [0.25, 0.3) is 5.91 Å². The topological polar surface area (TPSA) is 73.8 Å². The second-order valence-electron chi connectivity index (χ2n) is 8.08. The van der Waals surface area contributed by atoms with Gasteiger partial charge in [0, 0.05) is 22.6 Å². The van der Waals surface area contributed by atoms with Crippen LogP contribution in [-0.2, 0) is 11.2 Å². The molecule has 170 valence electrons. The predicted octanol–water partition coefficient (Wildman–Crippen LogP) is 5.46. The Morgan fingerprint density at radius 1 is 1.12 bits per heavy atom. The molecule has 0 saturated carbocycles. The maximum absolute atomic E-state index is 13.3. The van der Waals surface area contributed by atoms with E-state index in [0.717, 1.165) is 29.1 Å². The minimum absolute atomic E-state index is 0.0293. The van der Waals surface area contributed by atoms with Gasteiger partial charge in [0.2, 0.25) is 5.17 Å². The summed E-state index contributed by atoms with van der Waals surface area (Å²) in [6.07, 6.45) is 2.62. The Labute approximate surface area is 201 Å². The van der Waals surface area contributed by atoms with E-state index in [1.165, 1.54) is 34.5 Å². The van der Waals surface area contributed by atoms with Gasteiger partial charge in [-0.3, -0.25) is 10.2 Å². The summed E-state index contributed by atoms with van der Waals surface area (Å²) in [5.41, 5.74) is 6.09. The highest BCUT2D eigenvalue weighted by Crippen LogP contribution is 2.32. The van der Waals surface area contributed by atoms with Crippen LogP contribution in [0.25, 0.3) is 11.8 Å². The number of hydrogen-bond acceptors (Lipinski definition) is 4. The Morgan fingerprint density at radius 3 is 2.59 bits per heavy atom. The third-order valence-corrected chi connectivity index (χ3v) is 6.89. The molecule has 0 aliphatic carbocycles. The predicted molar refractivity (Wildman–Crippen MR) is 135 cm³/mol. The maximum Gasteiger partial charge on any atom is 0.283 e. The molecule has 3 aromatic rings. The highest BCUT2D eigenvalue weighted by molar-refractivity contribution is 8.27. The lowest BCUT2D eigenvalue weighted by Gasteiger charge is -2.20. The molecule has 0 unspecified atom stereocenters. The number of amidine groups is 2. The van der Waals surface area contributed by atoms with Crippen molar-refractivity contribution in [3.05, 3.63) is 94.1 Å². The molecule has 1 aromatic heterocycles. The molecule has 2 aliphatic rings. The van der Waals surface area contributed by atoms with Gasteiger partial charge in [0.15, 0.2) is 5.84 Å². The Bertz CT molecular complexity index is 1430. The molecule has 0 fully saturated rings. The summed E-state index contributed by atoms with van der Waals surface area (Å²) >= 11 is 1.19. The number of hydrogen-bond donors (Lipinski definition) is 1. The Balaban J connectivity index is 1.52. The molecule has 1 amide bonds. The number of aliphatic imine (C=N–C) groups is 1. The molecule has 2 aliphatic heterocycles. The van der Waals surface area contributed by atoms with E-state index in [2.05, 4.69) is 33.7 Å². The van der Waals surface area contributed by atoms with Gasteiger partial charge in [0.1, 0.15) is 10.9 Å². The first-order chi connectivity index (χ1) is 16.4. The van der Waals surface area contributed by atoms with Gasteiger partial charge in [-0.05, 0) is 85.6 Å². The number of rotatable bonds is 4. The molecule has 3 heterocycles. The van der Waals surface area contributed by atoms with Gasteiger partial charge < -0.3 is 4.57 Å². The fourth-order valence-corrected chi connectivity index (χ4v) is 5.09. The molecule has 8 heteroatoms. The van der Waals surface area contributed by atoms with Crippen molar-refractivity contribution in [3.63, 3.8) is 0 Å². The second kappa shape index (κ2) is 8.53. The largest absolute Gasteiger partial charge is 0.318 e. The zero-order valence-corrected chi connectivity index (χ0v) is 19.8. The van der Waals surface area contributed by atoms with Crippen LogP contribution in [0.15, 0.2) is 70.3 Å². The zero-order chi connectivity index (χ0) is 24.0. The lowest BCUT2D eigenvalue weighted by molar-refractivity contribution is -0.114. The molecular weight excluding hydrogens is 449 g/mol. The van der Waals surface area contributed by atoms with Crippen molar-refractivity contribution in [2.75, 3.05) is 0 Å². The first-order valence-electron chi connectivity index (χ1n) is 10.9. The van der Waals surface area contributed by atoms with Crippen LogP contribution < -0.4 is 0 Å². The molecule has 2 aromatic carbocycles. The van der Waals surface area contributed by atoms with Crippen LogP contribution in [-0.4, -0.2) is 31.5 Å². The first kappa shape index (κ1) is 22.0. The molecule has 34 heavy (non-hydrogen) atoms. The standard InChI is InChI=1S/C26H22FN5OS/c1-4-17-7-5-6-8-22(17)31-15(2)13-19(16(31)3)14-21-23(28)32-26(29-24(21)33)34-25(30-32)18-9-11-20(27)12-10-18/h5-14,28H,4H2,1-3H3. The number of thioether (sulfide) groups is 1. The minimum atomic E-state index is -0.474. The van der Waals surface area contributed by atoms with Crippen LogP contribution in [0, 0.1) is 25.1 Å². The number of nitrogens with one attached hydrogen (secondary N) is 1. The third-order valence-electron chi connectivity index (χ3n) is 5.93. The lowest BCUT2D eigenvalue weighted by Crippen LogP contribution is -2.35. The third kappa shape index (κ3) is 3.70. The van der Waals surface area contributed by atoms with Gasteiger partial charge in [0.05, 0.1) is 5.57 Å². The highest BCUT2D eigenvalue weighted by Gasteiger charge is 2.36. The number of halogens is 1. The monoisotopic (exact) mass is 471 g/mol. The van der Waals surface area contributed by atoms with Crippen molar-refractivity contribution in [3.8, 4) is 5.69 Å². The van der Waals surface area contributed by atoms with E-state index < -0.39 is 5.91 Å². The summed E-state index contributed by atoms with van der Waals surface area (Å²) in [6.45, 7) is 6.16. The fourth-order valence-electron chi connectivity index (χ4n) is 4.19. The minimum Gasteiger partial charge on any atom is -0.318 e. The van der Waals surface area contributed by atoms with Crippen molar-refractivity contribution in [2.24, 2.45) is 10.1 Å². The number of para-hydroxylation sites is 1. The SMILES string of the molecule is CCc1ccccc1-n1c(C)cc(C=C2C(=N)N3N=C(c4ccc(F)cc4)SC3=NC2=O)c1C. The molecule has 0 radical (unpaired) electrons. The molecule has 0 atom stereocenters. The van der Waals surface area contributed by atoms with Crippen molar-refractivity contribution in [1.82, 2.24) is 9.58 Å². The molecule has 0 spiro atoms. The van der Waals surface area contributed by atoms with Crippen LogP contribution in [0.4, 0.5) is 4.39 Å². The van der Waals surface area contributed by atoms with Crippen LogP contribution in [0.2, 0.25) is 0 Å². The quantitative estimate of drug-likeness (QED) is 0.513. The van der Waals surface area contributed by atoms with Gasteiger partial charge in [-0.15, -0.1) is 0 Å². The first-order valence-corrected chi connectivity index (χ1v) is 11.7. The average molecular weight is 472 g/mol. The maximum atomic E-state index is 13.3. The molecule has 0 saturated heterocycles. The zero-order valence-electron chi connectivity index (χ0n) is 19.0. The number of nitrogens with zero attached hydrogens (tertiary/aromatic N) is 4. The molecular formula is C26H22FN5OS. The Hall–Kier alpha value is -3.78. The number of benzene rings is 2. The van der Waals surface area contributed by atoms with Crippen molar-refractivity contribution in [2.45, 2.75) is 27.2 Å². The van der Waals surface area contributed by atoms with E-state index in [-0.39, 0.29) is 17.2 Å². The highest BCUT2D eigenvalue weighted by atomic mass is 32.2. The number of aryl methyl sites for hydroxylation is 2.